The molecule has 66 heavy (non-hydrogen) atoms. The number of nitrogens with two attached hydrogens (primary N) is 2. The van der Waals surface area contributed by atoms with Crippen LogP contribution in [0.15, 0.2) is 99.4 Å². The highest BCUT2D eigenvalue weighted by Gasteiger charge is 2.70. The van der Waals surface area contributed by atoms with E-state index < -0.39 is 29.4 Å². The number of aliphatic imine (C=N–C) groups is 2. The highest BCUT2D eigenvalue weighted by molar-refractivity contribution is 9.10. The molecule has 4 aliphatic heterocycles. The second-order valence-electron chi connectivity index (χ2n) is 17.4. The Kier molecular flexibility index (Phi) is 12.9. The molecule has 2 amide bonds. The second kappa shape index (κ2) is 18.2. The van der Waals surface area contributed by atoms with E-state index in [2.05, 4.69) is 20.9 Å². The molecule has 6 N–H and O–H groups in total. The molecule has 6 aliphatic rings. The van der Waals surface area contributed by atoms with Crippen LogP contribution in [-0.4, -0.2) is 117 Å². The fraction of sp³-hybridized carbons (Fsp3) is 0.417. The van der Waals surface area contributed by atoms with Crippen molar-refractivity contribution in [3.8, 4) is 34.1 Å². The van der Waals surface area contributed by atoms with E-state index in [1.54, 1.807) is 59.7 Å². The van der Waals surface area contributed by atoms with E-state index in [1.165, 1.54) is 16.9 Å². The first-order valence-corrected chi connectivity index (χ1v) is 22.7. The molecule has 0 aromatic heterocycles. The SMILES string of the molecule is COC1CCC2(CC1)Oc1ccc(Br)cc1C21N=C(N)N(C)C1=O.COc1cccc(-c2ccc3c(c2)C2(N=C(N)N(C)C2=O)C2(CCC(OC)CC2)O3)c1.COc1cccc(B(O)O)c1. The molecular formula is C48H56BBrN6O10. The Morgan fingerprint density at radius 2 is 1.11 bits per heavy atom. The molecule has 2 fully saturated rings. The number of guanidine groups is 2. The number of hydrogen-bond acceptors (Lipinski definition) is 14. The lowest BCUT2D eigenvalue weighted by Crippen LogP contribution is -2.57. The Morgan fingerprint density at radius 3 is 1.56 bits per heavy atom. The van der Waals surface area contributed by atoms with Gasteiger partial charge in [0.05, 0.1) is 26.4 Å². The van der Waals surface area contributed by atoms with Crippen molar-refractivity contribution in [3.05, 3.63) is 101 Å². The fourth-order valence-corrected chi connectivity index (χ4v) is 10.7. The van der Waals surface area contributed by atoms with Crippen LogP contribution < -0.4 is 35.9 Å². The van der Waals surface area contributed by atoms with Crippen molar-refractivity contribution < 1.29 is 48.1 Å². The first-order valence-electron chi connectivity index (χ1n) is 21.9. The van der Waals surface area contributed by atoms with Crippen molar-refractivity contribution in [3.63, 3.8) is 0 Å². The van der Waals surface area contributed by atoms with Gasteiger partial charge in [0.15, 0.2) is 11.9 Å². The fourth-order valence-electron chi connectivity index (χ4n) is 10.4. The number of methoxy groups -OCH3 is 4. The number of rotatable bonds is 6. The number of amides is 2. The van der Waals surface area contributed by atoms with Crippen molar-refractivity contribution in [1.29, 1.82) is 0 Å². The number of ether oxygens (including phenoxy) is 6. The molecule has 4 spiro atoms. The molecule has 10 rings (SSSR count). The van der Waals surface area contributed by atoms with Crippen LogP contribution in [0, 0.1) is 0 Å². The smallest absolute Gasteiger partial charge is 0.488 e. The van der Waals surface area contributed by atoms with E-state index in [-0.39, 0.29) is 35.9 Å². The number of hydrogen-bond donors (Lipinski definition) is 4. The van der Waals surface area contributed by atoms with E-state index in [4.69, 9.17) is 54.9 Å². The number of likely N-dealkylation sites (N-methyl/N-ethyl adjacent to an activating group) is 2. The zero-order chi connectivity index (χ0) is 47.2. The summed E-state index contributed by atoms with van der Waals surface area (Å²) in [5.41, 5.74) is 12.5. The van der Waals surface area contributed by atoms with Gasteiger partial charge in [-0.2, -0.15) is 0 Å². The molecule has 16 nitrogen and oxygen atoms in total. The number of halogens is 1. The van der Waals surface area contributed by atoms with E-state index in [9.17, 15) is 9.59 Å². The summed E-state index contributed by atoms with van der Waals surface area (Å²) in [7, 11) is 8.55. The molecule has 2 aliphatic carbocycles. The zero-order valence-corrected chi connectivity index (χ0v) is 39.5. The summed E-state index contributed by atoms with van der Waals surface area (Å²) in [5, 5.41) is 17.5. The molecule has 2 atom stereocenters. The van der Waals surface area contributed by atoms with Crippen molar-refractivity contribution >= 4 is 52.2 Å². The normalized spacial score (nSPS) is 27.9. The van der Waals surface area contributed by atoms with Gasteiger partial charge >= 0.3 is 7.12 Å². The Bertz CT molecular complexity index is 2560. The number of nitrogens with zero attached hydrogens (tertiary/aromatic N) is 4. The molecule has 0 bridgehead atoms. The van der Waals surface area contributed by atoms with Crippen LogP contribution in [0.5, 0.6) is 23.0 Å². The molecule has 4 heterocycles. The van der Waals surface area contributed by atoms with E-state index in [0.29, 0.717) is 48.4 Å². The second-order valence-corrected chi connectivity index (χ2v) is 18.3. The van der Waals surface area contributed by atoms with Crippen molar-refractivity contribution in [1.82, 2.24) is 9.80 Å². The maximum absolute atomic E-state index is 13.7. The Morgan fingerprint density at radius 1 is 0.652 bits per heavy atom. The van der Waals surface area contributed by atoms with Crippen LogP contribution in [0.4, 0.5) is 0 Å². The van der Waals surface area contributed by atoms with Gasteiger partial charge in [-0.1, -0.05) is 46.3 Å². The summed E-state index contributed by atoms with van der Waals surface area (Å²) in [5.74, 6) is 3.02. The van der Waals surface area contributed by atoms with Gasteiger partial charge in [0, 0.05) is 43.9 Å². The third-order valence-corrected chi connectivity index (χ3v) is 14.5. The Labute approximate surface area is 393 Å². The molecule has 18 heteroatoms. The molecule has 4 aromatic carbocycles. The summed E-state index contributed by atoms with van der Waals surface area (Å²) >= 11 is 3.50. The molecular weight excluding hydrogens is 911 g/mol. The molecule has 2 saturated carbocycles. The van der Waals surface area contributed by atoms with Crippen molar-refractivity contribution in [2.24, 2.45) is 21.5 Å². The van der Waals surface area contributed by atoms with Crippen LogP contribution >= 0.6 is 15.9 Å². The van der Waals surface area contributed by atoms with Crippen LogP contribution in [0.3, 0.4) is 0 Å². The lowest BCUT2D eigenvalue weighted by atomic mass is 9.68. The molecule has 348 valence electrons. The van der Waals surface area contributed by atoms with E-state index >= 15 is 0 Å². The molecule has 4 aromatic rings. The summed E-state index contributed by atoms with van der Waals surface area (Å²) in [6.45, 7) is 0. The number of fused-ring (bicyclic) bond motifs is 6. The van der Waals surface area contributed by atoms with Gasteiger partial charge in [-0.3, -0.25) is 19.4 Å². The number of benzene rings is 4. The van der Waals surface area contributed by atoms with Crippen LogP contribution in [0.25, 0.3) is 11.1 Å². The largest absolute Gasteiger partial charge is 0.497 e. The summed E-state index contributed by atoms with van der Waals surface area (Å²) < 4.78 is 35.2. The maximum atomic E-state index is 13.7. The first kappa shape index (κ1) is 46.9. The lowest BCUT2D eigenvalue weighted by molar-refractivity contribution is -0.141. The predicted octanol–water partition coefficient (Wildman–Crippen LogP) is 4.59. The third kappa shape index (κ3) is 7.65. The Balaban J connectivity index is 0.000000149. The standard InChI is InChI=1S/C24H27N3O4.C17H20BrN3O3.C7H9BO3/c1-27-21(28)24(26-22(27)25)19-14-16(15-5-4-6-18(13-15)30-3)7-8-20(19)31-23(24)11-9-17(29-2)10-12-23;1-21-14(22)17(20-15(21)19)12-9-10(18)3-4-13(12)24-16(17)7-5-11(23-2)6-8-16;1-11-7-4-2-3-6(5-7)8(9)10/h4-8,13-14,17H,9-12H2,1-3H3,(H2,25,26);3-4,9,11H,5-8H2,1-2H3,(H2,19,20);2-5,9-10H,1H3. The van der Waals surface area contributed by atoms with Gasteiger partial charge in [0.2, 0.25) is 11.1 Å². The summed E-state index contributed by atoms with van der Waals surface area (Å²) in [4.78, 5) is 39.3. The number of carbonyl (C=O) groups excluding carboxylic acids is 2. The van der Waals surface area contributed by atoms with Gasteiger partial charge in [-0.15, -0.1) is 0 Å². The lowest BCUT2D eigenvalue weighted by Gasteiger charge is -2.43. The monoisotopic (exact) mass is 966 g/mol. The first-order chi connectivity index (χ1) is 31.6. The molecule has 0 saturated heterocycles. The zero-order valence-electron chi connectivity index (χ0n) is 38.0. The minimum absolute atomic E-state index is 0.118. The predicted molar refractivity (Wildman–Crippen MR) is 253 cm³/mol. The minimum atomic E-state index is -1.43. The quantitative estimate of drug-likeness (QED) is 0.196. The van der Waals surface area contributed by atoms with Gasteiger partial charge in [-0.25, -0.2) is 9.98 Å². The van der Waals surface area contributed by atoms with Gasteiger partial charge in [0.1, 0.15) is 34.2 Å². The Hall–Kier alpha value is -5.66. The highest BCUT2D eigenvalue weighted by Crippen LogP contribution is 2.60. The topological polar surface area (TPSA) is 213 Å². The van der Waals surface area contributed by atoms with E-state index in [1.807, 2.05) is 60.7 Å². The van der Waals surface area contributed by atoms with Gasteiger partial charge in [0.25, 0.3) is 11.8 Å². The summed E-state index contributed by atoms with van der Waals surface area (Å²) in [6.07, 6.45) is 6.39. The minimum Gasteiger partial charge on any atom is -0.497 e. The number of carbonyl (C=O) groups is 2. The molecule has 0 radical (unpaired) electrons. The average Bonchev–Trinajstić information content (AvgIpc) is 3.94. The maximum Gasteiger partial charge on any atom is 0.488 e. The van der Waals surface area contributed by atoms with Crippen LogP contribution in [0.1, 0.15) is 62.5 Å². The highest BCUT2D eigenvalue weighted by atomic mass is 79.9. The third-order valence-electron chi connectivity index (χ3n) is 14.1. The van der Waals surface area contributed by atoms with Gasteiger partial charge in [-0.05, 0) is 123 Å². The molecule has 2 unspecified atom stereocenters. The van der Waals surface area contributed by atoms with Gasteiger partial charge < -0.3 is 49.9 Å². The van der Waals surface area contributed by atoms with Crippen molar-refractivity contribution in [2.45, 2.75) is 85.9 Å². The van der Waals surface area contributed by atoms with Crippen molar-refractivity contribution in [2.75, 3.05) is 42.5 Å². The van der Waals surface area contributed by atoms with Crippen LogP contribution in [0.2, 0.25) is 0 Å². The van der Waals surface area contributed by atoms with Crippen LogP contribution in [-0.2, 0) is 30.1 Å². The summed E-state index contributed by atoms with van der Waals surface area (Å²) in [6, 6.07) is 26.2. The average molecular weight is 968 g/mol. The van der Waals surface area contributed by atoms with E-state index in [0.717, 1.165) is 58.2 Å².